The van der Waals surface area contributed by atoms with Gasteiger partial charge in [0.1, 0.15) is 10.9 Å². The summed E-state index contributed by atoms with van der Waals surface area (Å²) >= 11 is 1.32. The second-order valence-corrected chi connectivity index (χ2v) is 12.1. The van der Waals surface area contributed by atoms with E-state index in [1.54, 1.807) is 46.9 Å². The van der Waals surface area contributed by atoms with Crippen LogP contribution in [0.3, 0.4) is 0 Å². The van der Waals surface area contributed by atoms with Crippen molar-refractivity contribution < 1.29 is 18.0 Å². The van der Waals surface area contributed by atoms with Crippen molar-refractivity contribution in [3.8, 4) is 0 Å². The maximum Gasteiger partial charge on any atom is 0.248 e. The summed E-state index contributed by atoms with van der Waals surface area (Å²) in [7, 11) is -3.94. The molecule has 1 unspecified atom stereocenters. The number of amides is 2. The number of hydrogen-bond donors (Lipinski definition) is 1. The lowest BCUT2D eigenvalue weighted by Crippen LogP contribution is -2.58. The maximum atomic E-state index is 13.5. The molecule has 2 aromatic heterocycles. The first-order valence-electron chi connectivity index (χ1n) is 12.3. The van der Waals surface area contributed by atoms with Crippen molar-refractivity contribution in [1.29, 1.82) is 0 Å². The van der Waals surface area contributed by atoms with Gasteiger partial charge in [0.05, 0.1) is 12.1 Å². The Morgan fingerprint density at radius 3 is 2.64 bits per heavy atom. The lowest BCUT2D eigenvalue weighted by molar-refractivity contribution is -0.142. The van der Waals surface area contributed by atoms with Crippen molar-refractivity contribution in [3.63, 3.8) is 0 Å². The van der Waals surface area contributed by atoms with Crippen LogP contribution >= 0.6 is 11.3 Å². The van der Waals surface area contributed by atoms with Crippen molar-refractivity contribution in [2.24, 2.45) is 5.92 Å². The maximum absolute atomic E-state index is 13.5. The van der Waals surface area contributed by atoms with Gasteiger partial charge in [0.2, 0.25) is 21.8 Å². The van der Waals surface area contributed by atoms with Crippen molar-refractivity contribution in [2.45, 2.75) is 49.5 Å². The largest absolute Gasteiger partial charge is 0.328 e. The average molecular weight is 528 g/mol. The van der Waals surface area contributed by atoms with Crippen LogP contribution in [0.4, 0.5) is 5.13 Å². The van der Waals surface area contributed by atoms with Crippen molar-refractivity contribution in [1.82, 2.24) is 19.2 Å². The fourth-order valence-electron chi connectivity index (χ4n) is 5.21. The van der Waals surface area contributed by atoms with E-state index < -0.39 is 16.1 Å². The van der Waals surface area contributed by atoms with Crippen LogP contribution < -0.4 is 5.32 Å². The minimum absolute atomic E-state index is 0.0853. The van der Waals surface area contributed by atoms with Gasteiger partial charge >= 0.3 is 0 Å². The molecule has 1 saturated carbocycles. The Kier molecular flexibility index (Phi) is 7.31. The Balaban J connectivity index is 1.36. The highest BCUT2D eigenvalue weighted by atomic mass is 32.2. The number of nitrogens with one attached hydrogen (secondary N) is 1. The van der Waals surface area contributed by atoms with Gasteiger partial charge in [-0.05, 0) is 24.5 Å². The smallest absolute Gasteiger partial charge is 0.248 e. The molecule has 3 heterocycles. The van der Waals surface area contributed by atoms with Crippen molar-refractivity contribution >= 4 is 49.2 Å². The summed E-state index contributed by atoms with van der Waals surface area (Å²) in [5.41, 5.74) is 0.382. The molecule has 0 bridgehead atoms. The molecule has 0 radical (unpaired) electrons. The summed E-state index contributed by atoms with van der Waals surface area (Å²) < 4.78 is 28.2. The molecular weight excluding hydrogens is 498 g/mol. The number of nitrogens with zero attached hydrogens (tertiary/aromatic N) is 4. The standard InChI is InChI=1S/C25H29N5O4S2/c31-22-17-29(36(33,34)21-10-4-8-19-9-5-11-26-23(19)21)13-14-30(22)20(16-18-6-2-1-3-7-18)24(32)28-25-27-12-15-35-25/h4-5,8-12,15,18,20H,1-3,6-7,13-14,16-17H2,(H,27,28,32). The molecule has 1 aliphatic carbocycles. The summed E-state index contributed by atoms with van der Waals surface area (Å²) in [6.07, 6.45) is 9.28. The van der Waals surface area contributed by atoms with Gasteiger partial charge in [0, 0.05) is 36.2 Å². The van der Waals surface area contributed by atoms with E-state index in [1.807, 2.05) is 0 Å². The third-order valence-electron chi connectivity index (χ3n) is 7.06. The summed E-state index contributed by atoms with van der Waals surface area (Å²) in [5.74, 6) is -0.270. The molecule has 3 aromatic rings. The monoisotopic (exact) mass is 527 g/mol. The van der Waals surface area contributed by atoms with Gasteiger partial charge in [0.25, 0.3) is 0 Å². The first kappa shape index (κ1) is 24.8. The van der Waals surface area contributed by atoms with E-state index in [4.69, 9.17) is 0 Å². The molecule has 1 saturated heterocycles. The number of para-hydroxylation sites is 1. The lowest BCUT2D eigenvalue weighted by atomic mass is 9.84. The van der Waals surface area contributed by atoms with Crippen LogP contribution in [0, 0.1) is 5.92 Å². The topological polar surface area (TPSA) is 113 Å². The zero-order chi connectivity index (χ0) is 25.1. The van der Waals surface area contributed by atoms with Crippen LogP contribution in [-0.4, -0.2) is 65.1 Å². The van der Waals surface area contributed by atoms with Crippen LogP contribution in [0.25, 0.3) is 10.9 Å². The van der Waals surface area contributed by atoms with Crippen LogP contribution in [-0.2, 0) is 19.6 Å². The molecule has 1 atom stereocenters. The number of thiazole rings is 1. The number of rotatable bonds is 7. The number of fused-ring (bicyclic) bond motifs is 1. The molecule has 5 rings (SSSR count). The average Bonchev–Trinajstić information content (AvgIpc) is 3.40. The molecule has 2 fully saturated rings. The van der Waals surface area contributed by atoms with Gasteiger partial charge in [-0.2, -0.15) is 4.31 Å². The molecule has 2 amide bonds. The van der Waals surface area contributed by atoms with Crippen molar-refractivity contribution in [3.05, 3.63) is 48.1 Å². The van der Waals surface area contributed by atoms with Gasteiger partial charge in [-0.25, -0.2) is 13.4 Å². The molecule has 190 valence electrons. The van der Waals surface area contributed by atoms with Gasteiger partial charge in [-0.15, -0.1) is 11.3 Å². The Hall–Kier alpha value is -2.89. The zero-order valence-corrected chi connectivity index (χ0v) is 21.5. The molecule has 2 aliphatic rings. The lowest BCUT2D eigenvalue weighted by Gasteiger charge is -2.39. The number of anilines is 1. The van der Waals surface area contributed by atoms with E-state index >= 15 is 0 Å². The molecule has 36 heavy (non-hydrogen) atoms. The molecule has 1 aromatic carbocycles. The van der Waals surface area contributed by atoms with Crippen LogP contribution in [0.2, 0.25) is 0 Å². The molecule has 0 spiro atoms. The molecule has 1 N–H and O–H groups in total. The van der Waals surface area contributed by atoms with Crippen molar-refractivity contribution in [2.75, 3.05) is 25.0 Å². The molecule has 1 aliphatic heterocycles. The summed E-state index contributed by atoms with van der Waals surface area (Å²) in [4.78, 5) is 36.7. The number of piperazine rings is 1. The van der Waals surface area contributed by atoms with Gasteiger partial charge in [-0.1, -0.05) is 50.3 Å². The predicted molar refractivity (Wildman–Crippen MR) is 138 cm³/mol. The van der Waals surface area contributed by atoms with Gasteiger partial charge < -0.3 is 10.2 Å². The second-order valence-electron chi connectivity index (χ2n) is 9.34. The highest BCUT2D eigenvalue weighted by Gasteiger charge is 2.39. The Labute approximate surface area is 214 Å². The molecular formula is C25H29N5O4S2. The summed E-state index contributed by atoms with van der Waals surface area (Å²) in [6.45, 7) is -0.0425. The second kappa shape index (κ2) is 10.6. The SMILES string of the molecule is O=C(Nc1nccs1)C(CC1CCCCC1)N1CCN(S(=O)(=O)c2cccc3cccnc23)CC1=O. The third kappa shape index (κ3) is 5.14. The first-order chi connectivity index (χ1) is 17.4. The third-order valence-corrected chi connectivity index (χ3v) is 9.62. The number of hydrogen-bond acceptors (Lipinski definition) is 7. The zero-order valence-electron chi connectivity index (χ0n) is 19.9. The molecule has 11 heteroatoms. The van der Waals surface area contributed by atoms with Crippen LogP contribution in [0.5, 0.6) is 0 Å². The normalized spacial score (nSPS) is 18.9. The molecule has 9 nitrogen and oxygen atoms in total. The quantitative estimate of drug-likeness (QED) is 0.503. The van der Waals surface area contributed by atoms with Gasteiger partial charge in [-0.3, -0.25) is 14.6 Å². The van der Waals surface area contributed by atoms with E-state index in [-0.39, 0.29) is 36.3 Å². The van der Waals surface area contributed by atoms with E-state index in [9.17, 15) is 18.0 Å². The highest BCUT2D eigenvalue weighted by molar-refractivity contribution is 7.89. The van der Waals surface area contributed by atoms with E-state index in [0.717, 1.165) is 31.1 Å². The fraction of sp³-hybridized carbons (Fsp3) is 0.440. The number of carbonyl (C=O) groups is 2. The van der Waals surface area contributed by atoms with E-state index in [0.29, 0.717) is 23.0 Å². The van der Waals surface area contributed by atoms with Gasteiger partial charge in [0.15, 0.2) is 5.13 Å². The predicted octanol–water partition coefficient (Wildman–Crippen LogP) is 3.50. The van der Waals surface area contributed by atoms with Crippen LogP contribution in [0.1, 0.15) is 38.5 Å². The number of benzene rings is 1. The Bertz CT molecular complexity index is 1330. The Morgan fingerprint density at radius 1 is 1.08 bits per heavy atom. The Morgan fingerprint density at radius 2 is 1.89 bits per heavy atom. The highest BCUT2D eigenvalue weighted by Crippen LogP contribution is 2.31. The summed E-state index contributed by atoms with van der Waals surface area (Å²) in [5, 5.41) is 5.84. The number of pyridine rings is 1. The number of sulfonamides is 1. The van der Waals surface area contributed by atoms with E-state index in [2.05, 4.69) is 15.3 Å². The first-order valence-corrected chi connectivity index (χ1v) is 14.6. The number of carbonyl (C=O) groups excluding carboxylic acids is 2. The fourth-order valence-corrected chi connectivity index (χ4v) is 7.29. The van der Waals surface area contributed by atoms with Crippen LogP contribution in [0.15, 0.2) is 53.0 Å². The minimum Gasteiger partial charge on any atom is -0.328 e. The minimum atomic E-state index is -3.94. The summed E-state index contributed by atoms with van der Waals surface area (Å²) in [6, 6.07) is 7.91. The number of aromatic nitrogens is 2. The van der Waals surface area contributed by atoms with E-state index in [1.165, 1.54) is 28.1 Å².